The van der Waals surface area contributed by atoms with Crippen LogP contribution in [-0.4, -0.2) is 17.9 Å². The highest BCUT2D eigenvalue weighted by molar-refractivity contribution is 5.95. The van der Waals surface area contributed by atoms with Gasteiger partial charge in [0, 0.05) is 12.0 Å². The zero-order valence-corrected chi connectivity index (χ0v) is 29.5. The number of benzene rings is 1. The first kappa shape index (κ1) is 33.2. The molecule has 5 rings (SSSR count). The summed E-state index contributed by atoms with van der Waals surface area (Å²) >= 11 is 0. The van der Waals surface area contributed by atoms with E-state index in [1.54, 1.807) is 6.08 Å². The molecule has 3 fully saturated rings. The summed E-state index contributed by atoms with van der Waals surface area (Å²) in [5.74, 6) is 1.88. The lowest BCUT2D eigenvalue weighted by atomic mass is 9.42. The number of fused-ring (bicyclic) bond motifs is 5. The first-order valence-electron chi connectivity index (χ1n) is 17.6. The van der Waals surface area contributed by atoms with Crippen molar-refractivity contribution in [2.75, 3.05) is 0 Å². The van der Waals surface area contributed by atoms with Crippen molar-refractivity contribution in [2.24, 2.45) is 56.7 Å². The maximum Gasteiger partial charge on any atom is 0.331 e. The van der Waals surface area contributed by atoms with Crippen molar-refractivity contribution in [3.8, 4) is 0 Å². The standard InChI is InChI=1S/C41H60O3/c1-27-24-32-33(42)25-31-30(39(32,8)26-34(27)44-36(43)17-16-29-14-12-11-13-15-29)19-22-41(10)35(20-23-40(31,41)9)38(6,7)28(2)18-21-37(3,4)5/h11-17,25,27-28,30,32,34-35H,18-24,26H2,1-10H3/b17-16+/t27-,28-,30?,32+,34+,35-,39-,40+,41-/m1/s1. The second-order valence-corrected chi connectivity index (χ2v) is 18.0. The van der Waals surface area contributed by atoms with E-state index in [-0.39, 0.29) is 45.6 Å². The van der Waals surface area contributed by atoms with Crippen LogP contribution in [0, 0.1) is 56.7 Å². The number of esters is 1. The molecule has 0 spiro atoms. The summed E-state index contributed by atoms with van der Waals surface area (Å²) in [7, 11) is 0. The number of ketones is 1. The summed E-state index contributed by atoms with van der Waals surface area (Å²) in [5.41, 5.74) is 3.04. The minimum absolute atomic E-state index is 0.0140. The lowest BCUT2D eigenvalue weighted by molar-refractivity contribution is -0.159. The van der Waals surface area contributed by atoms with Gasteiger partial charge in [-0.3, -0.25) is 4.79 Å². The molecule has 0 radical (unpaired) electrons. The van der Waals surface area contributed by atoms with Crippen LogP contribution in [0.2, 0.25) is 0 Å². The van der Waals surface area contributed by atoms with E-state index in [0.717, 1.165) is 24.8 Å². The molecule has 4 aliphatic rings. The van der Waals surface area contributed by atoms with E-state index in [9.17, 15) is 9.59 Å². The van der Waals surface area contributed by atoms with Crippen molar-refractivity contribution in [3.63, 3.8) is 0 Å². The molecule has 0 bridgehead atoms. The Morgan fingerprint density at radius 1 is 1.02 bits per heavy atom. The number of allylic oxidation sites excluding steroid dienone is 2. The average molecular weight is 601 g/mol. The quantitative estimate of drug-likeness (QED) is 0.231. The fraction of sp³-hybridized carbons (Fsp3) is 0.707. The van der Waals surface area contributed by atoms with E-state index >= 15 is 0 Å². The molecule has 1 aromatic rings. The van der Waals surface area contributed by atoms with Crippen LogP contribution in [-0.2, 0) is 14.3 Å². The molecule has 4 aliphatic carbocycles. The van der Waals surface area contributed by atoms with Gasteiger partial charge < -0.3 is 4.74 Å². The Hall–Kier alpha value is -2.16. The van der Waals surface area contributed by atoms with Gasteiger partial charge >= 0.3 is 5.97 Å². The van der Waals surface area contributed by atoms with Crippen molar-refractivity contribution in [1.29, 1.82) is 0 Å². The lowest BCUT2D eigenvalue weighted by Crippen LogP contribution is -2.57. The third-order valence-corrected chi connectivity index (χ3v) is 14.0. The predicted octanol–water partition coefficient (Wildman–Crippen LogP) is 10.5. The van der Waals surface area contributed by atoms with Crippen LogP contribution in [0.1, 0.15) is 126 Å². The van der Waals surface area contributed by atoms with Gasteiger partial charge in [0.1, 0.15) is 6.10 Å². The molecular weight excluding hydrogens is 540 g/mol. The Labute approximate surface area is 268 Å². The molecule has 1 unspecified atom stereocenters. The summed E-state index contributed by atoms with van der Waals surface area (Å²) < 4.78 is 6.16. The van der Waals surface area contributed by atoms with E-state index in [1.807, 2.05) is 36.4 Å². The normalized spacial score (nSPS) is 38.0. The monoisotopic (exact) mass is 600 g/mol. The second kappa shape index (κ2) is 11.6. The van der Waals surface area contributed by atoms with Crippen molar-refractivity contribution in [2.45, 2.75) is 127 Å². The van der Waals surface area contributed by atoms with E-state index in [2.05, 4.69) is 75.3 Å². The van der Waals surface area contributed by atoms with Crippen molar-refractivity contribution in [3.05, 3.63) is 53.6 Å². The number of carbonyl (C=O) groups is 2. The van der Waals surface area contributed by atoms with E-state index in [4.69, 9.17) is 4.74 Å². The van der Waals surface area contributed by atoms with Crippen molar-refractivity contribution in [1.82, 2.24) is 0 Å². The van der Waals surface area contributed by atoms with Crippen LogP contribution in [0.5, 0.6) is 0 Å². The fourth-order valence-electron chi connectivity index (χ4n) is 10.6. The molecule has 44 heavy (non-hydrogen) atoms. The molecule has 0 heterocycles. The molecule has 0 saturated heterocycles. The third kappa shape index (κ3) is 5.68. The smallest absolute Gasteiger partial charge is 0.331 e. The van der Waals surface area contributed by atoms with Crippen LogP contribution in [0.4, 0.5) is 0 Å². The number of ether oxygens (including phenoxy) is 1. The summed E-state index contributed by atoms with van der Waals surface area (Å²) in [6.07, 6.45) is 14.2. The molecule has 0 N–H and O–H groups in total. The van der Waals surface area contributed by atoms with Gasteiger partial charge in [0.25, 0.3) is 0 Å². The van der Waals surface area contributed by atoms with Gasteiger partial charge in [-0.2, -0.15) is 0 Å². The van der Waals surface area contributed by atoms with Gasteiger partial charge in [-0.05, 0) is 120 Å². The number of carbonyl (C=O) groups excluding carboxylic acids is 2. The molecular formula is C41H60O3. The lowest BCUT2D eigenvalue weighted by Gasteiger charge is -2.62. The van der Waals surface area contributed by atoms with Crippen LogP contribution in [0.15, 0.2) is 48.1 Å². The van der Waals surface area contributed by atoms with Gasteiger partial charge in [-0.15, -0.1) is 0 Å². The maximum atomic E-state index is 14.0. The SMILES string of the molecule is C[C@@H]1C[C@H]2C(=O)C=C3C(CC[C@]4(C)[C@@H](C(C)(C)[C@H](C)CCC(C)(C)C)CC[C@@]34C)[C@@]2(C)C[C@@H]1OC(=O)/C=C/c1ccccc1. The molecule has 242 valence electrons. The molecule has 3 saturated carbocycles. The topological polar surface area (TPSA) is 43.4 Å². The van der Waals surface area contributed by atoms with Crippen LogP contribution < -0.4 is 0 Å². The van der Waals surface area contributed by atoms with Crippen molar-refractivity contribution >= 4 is 17.8 Å². The highest BCUT2D eigenvalue weighted by atomic mass is 16.5. The molecule has 1 aromatic carbocycles. The average Bonchev–Trinajstić information content (AvgIpc) is 3.24. The van der Waals surface area contributed by atoms with E-state index < -0.39 is 0 Å². The summed E-state index contributed by atoms with van der Waals surface area (Å²) in [6, 6.07) is 9.88. The molecule has 0 aliphatic heterocycles. The van der Waals surface area contributed by atoms with Gasteiger partial charge in [-0.1, -0.05) is 105 Å². The maximum absolute atomic E-state index is 14.0. The van der Waals surface area contributed by atoms with Crippen molar-refractivity contribution < 1.29 is 14.3 Å². The Kier molecular flexibility index (Phi) is 8.74. The Morgan fingerprint density at radius 3 is 2.36 bits per heavy atom. The van der Waals surface area contributed by atoms with Gasteiger partial charge in [0.2, 0.25) is 0 Å². The highest BCUT2D eigenvalue weighted by Crippen LogP contribution is 2.73. The van der Waals surface area contributed by atoms with E-state index in [0.29, 0.717) is 29.0 Å². The van der Waals surface area contributed by atoms with E-state index in [1.165, 1.54) is 37.7 Å². The number of hydrogen-bond acceptors (Lipinski definition) is 3. The molecule has 0 amide bonds. The van der Waals surface area contributed by atoms with Gasteiger partial charge in [-0.25, -0.2) is 4.79 Å². The van der Waals surface area contributed by atoms with Crippen LogP contribution in [0.3, 0.4) is 0 Å². The highest BCUT2D eigenvalue weighted by Gasteiger charge is 2.66. The zero-order chi connectivity index (χ0) is 32.3. The minimum atomic E-state index is -0.282. The van der Waals surface area contributed by atoms with Gasteiger partial charge in [0.05, 0.1) is 0 Å². The summed E-state index contributed by atoms with van der Waals surface area (Å²) in [5, 5.41) is 0. The first-order chi connectivity index (χ1) is 20.4. The molecule has 0 aromatic heterocycles. The molecule has 3 heteroatoms. The Bertz CT molecular complexity index is 1300. The van der Waals surface area contributed by atoms with Gasteiger partial charge in [0.15, 0.2) is 5.78 Å². The first-order valence-corrected chi connectivity index (χ1v) is 17.6. The molecule has 3 nitrogen and oxygen atoms in total. The Morgan fingerprint density at radius 2 is 1.70 bits per heavy atom. The second-order valence-electron chi connectivity index (χ2n) is 18.0. The van der Waals surface area contributed by atoms with Crippen LogP contribution in [0.25, 0.3) is 6.08 Å². The largest absolute Gasteiger partial charge is 0.459 e. The summed E-state index contributed by atoms with van der Waals surface area (Å²) in [6.45, 7) is 24.3. The summed E-state index contributed by atoms with van der Waals surface area (Å²) in [4.78, 5) is 27.0. The Balaban J connectivity index is 1.38. The fourth-order valence-corrected chi connectivity index (χ4v) is 10.6. The van der Waals surface area contributed by atoms with Crippen LogP contribution >= 0.6 is 0 Å². The third-order valence-electron chi connectivity index (χ3n) is 14.0. The minimum Gasteiger partial charge on any atom is -0.459 e. The zero-order valence-electron chi connectivity index (χ0n) is 29.5. The number of rotatable bonds is 7. The number of hydrogen-bond donors (Lipinski definition) is 0. The molecule has 9 atom stereocenters. The predicted molar refractivity (Wildman–Crippen MR) is 182 cm³/mol.